The summed E-state index contributed by atoms with van der Waals surface area (Å²) in [6, 6.07) is 68.4. The highest BCUT2D eigenvalue weighted by atomic mass is 32.1. The van der Waals surface area contributed by atoms with Gasteiger partial charge in [-0.15, -0.1) is 11.3 Å². The molecule has 0 saturated carbocycles. The van der Waals surface area contributed by atoms with Gasteiger partial charge < -0.3 is 9.13 Å². The van der Waals surface area contributed by atoms with E-state index < -0.39 is 0 Å². The van der Waals surface area contributed by atoms with E-state index in [4.69, 9.17) is 4.98 Å². The summed E-state index contributed by atoms with van der Waals surface area (Å²) in [5, 5.41) is 8.65. The largest absolute Gasteiger partial charge is 0.309 e. The molecule has 4 heterocycles. The molecule has 8 aromatic carbocycles. The lowest BCUT2D eigenvalue weighted by Crippen LogP contribution is -2.00. The topological polar surface area (TPSA) is 22.8 Å². The fourth-order valence-corrected chi connectivity index (χ4v) is 10.0. The van der Waals surface area contributed by atoms with Gasteiger partial charge in [-0.25, -0.2) is 4.98 Å². The van der Waals surface area contributed by atoms with Crippen molar-refractivity contribution >= 4 is 86.0 Å². The van der Waals surface area contributed by atoms with Crippen LogP contribution in [-0.2, 0) is 0 Å². The van der Waals surface area contributed by atoms with Gasteiger partial charge in [-0.3, -0.25) is 0 Å². The summed E-state index contributed by atoms with van der Waals surface area (Å²) < 4.78 is 7.37. The fraction of sp³-hybridized carbons (Fsp3) is 0. The first-order valence-electron chi connectivity index (χ1n) is 18.7. The number of nitrogens with zero attached hydrogens (tertiary/aromatic N) is 3. The molecule has 12 aromatic rings. The van der Waals surface area contributed by atoms with Gasteiger partial charge in [0.1, 0.15) is 0 Å². The van der Waals surface area contributed by atoms with Crippen molar-refractivity contribution < 1.29 is 0 Å². The minimum absolute atomic E-state index is 1.02. The van der Waals surface area contributed by atoms with Gasteiger partial charge in [-0.2, -0.15) is 0 Å². The number of fused-ring (bicyclic) bond motifs is 11. The summed E-state index contributed by atoms with van der Waals surface area (Å²) in [5.41, 5.74) is 12.5. The summed E-state index contributed by atoms with van der Waals surface area (Å²) in [6.07, 6.45) is 0. The zero-order valence-corrected chi connectivity index (χ0v) is 30.5. The van der Waals surface area contributed by atoms with E-state index in [1.807, 2.05) is 11.3 Å². The van der Waals surface area contributed by atoms with Crippen LogP contribution in [0.4, 0.5) is 0 Å². The van der Waals surface area contributed by atoms with Crippen LogP contribution in [0.5, 0.6) is 0 Å². The van der Waals surface area contributed by atoms with Crippen LogP contribution in [0, 0.1) is 0 Å². The first-order chi connectivity index (χ1) is 27.3. The second-order valence-electron chi connectivity index (χ2n) is 14.3. The number of hydrogen-bond donors (Lipinski definition) is 0. The average Bonchev–Trinajstić information content (AvgIpc) is 3.91. The third kappa shape index (κ3) is 4.52. The lowest BCUT2D eigenvalue weighted by atomic mass is 9.98. The van der Waals surface area contributed by atoms with Crippen molar-refractivity contribution in [2.45, 2.75) is 0 Å². The van der Waals surface area contributed by atoms with Crippen molar-refractivity contribution in [3.63, 3.8) is 0 Å². The average molecular weight is 718 g/mol. The van der Waals surface area contributed by atoms with E-state index in [-0.39, 0.29) is 0 Å². The van der Waals surface area contributed by atoms with Gasteiger partial charge in [0.05, 0.1) is 38.0 Å². The van der Waals surface area contributed by atoms with Gasteiger partial charge in [0, 0.05) is 59.3 Å². The smallest absolute Gasteiger partial charge is 0.0902 e. The summed E-state index contributed by atoms with van der Waals surface area (Å²) >= 11 is 1.83. The van der Waals surface area contributed by atoms with E-state index in [0.29, 0.717) is 0 Å². The molecule has 0 aliphatic rings. The van der Waals surface area contributed by atoms with Crippen molar-refractivity contribution in [3.8, 4) is 33.8 Å². The Labute approximate surface area is 320 Å². The molecule has 12 rings (SSSR count). The third-order valence-corrected chi connectivity index (χ3v) is 12.5. The normalized spacial score (nSPS) is 12.0. The summed E-state index contributed by atoms with van der Waals surface area (Å²) in [5.74, 6) is 0. The molecular weight excluding hydrogens is 687 g/mol. The van der Waals surface area contributed by atoms with Crippen LogP contribution >= 0.6 is 11.3 Å². The molecule has 4 aromatic heterocycles. The van der Waals surface area contributed by atoms with Gasteiger partial charge in [-0.1, -0.05) is 140 Å². The van der Waals surface area contributed by atoms with Crippen LogP contribution < -0.4 is 0 Å². The van der Waals surface area contributed by atoms with E-state index in [1.165, 1.54) is 69.2 Å². The molecule has 0 N–H and O–H groups in total. The maximum atomic E-state index is 5.38. The molecular formula is C51H31N3S. The number of rotatable bonds is 4. The van der Waals surface area contributed by atoms with Gasteiger partial charge in [0.2, 0.25) is 0 Å². The van der Waals surface area contributed by atoms with Crippen LogP contribution in [0.2, 0.25) is 0 Å². The van der Waals surface area contributed by atoms with Gasteiger partial charge in [0.15, 0.2) is 0 Å². The molecule has 0 bridgehead atoms. The number of pyridine rings is 1. The molecule has 0 aliphatic carbocycles. The Morgan fingerprint density at radius 1 is 0.345 bits per heavy atom. The van der Waals surface area contributed by atoms with Crippen molar-refractivity contribution in [3.05, 3.63) is 188 Å². The Kier molecular flexibility index (Phi) is 6.50. The molecule has 0 saturated heterocycles. The Morgan fingerprint density at radius 2 is 0.764 bits per heavy atom. The van der Waals surface area contributed by atoms with Crippen molar-refractivity contribution in [1.82, 2.24) is 14.1 Å². The minimum atomic E-state index is 1.02. The number of aromatic nitrogens is 3. The van der Waals surface area contributed by atoms with Crippen molar-refractivity contribution in [2.75, 3.05) is 0 Å². The maximum absolute atomic E-state index is 5.38. The molecule has 0 aliphatic heterocycles. The molecule has 3 nitrogen and oxygen atoms in total. The summed E-state index contributed by atoms with van der Waals surface area (Å²) in [6.45, 7) is 0. The Balaban J connectivity index is 1.09. The minimum Gasteiger partial charge on any atom is -0.309 e. The SMILES string of the molecule is c1ccc2c(c1)sc1c3ccccc3c(-c3ccc(-c4cc(-n5c6ccccc6c6ccccc65)cc(-n5c6ccccc6c6ccccc65)c4)cc3)nc21. The predicted molar refractivity (Wildman–Crippen MR) is 234 cm³/mol. The number of thiophene rings is 1. The number of para-hydroxylation sites is 4. The predicted octanol–water partition coefficient (Wildman–Crippen LogP) is 14.1. The summed E-state index contributed by atoms with van der Waals surface area (Å²) in [7, 11) is 0. The fourth-order valence-electron chi connectivity index (χ4n) is 8.85. The second kappa shape index (κ2) is 11.7. The number of hydrogen-bond acceptors (Lipinski definition) is 2. The quantitative estimate of drug-likeness (QED) is 0.178. The van der Waals surface area contributed by atoms with Crippen molar-refractivity contribution in [2.24, 2.45) is 0 Å². The van der Waals surface area contributed by atoms with Crippen LogP contribution in [0.1, 0.15) is 0 Å². The van der Waals surface area contributed by atoms with E-state index >= 15 is 0 Å². The standard InChI is InChI=1S/C51H31N3S/c1-2-18-42-41(17-1)49(52-50-43-19-7-12-24-48(43)55-51(42)50)33-27-25-32(26-28-33)34-29-35(53-44-20-8-3-13-37(44)38-14-4-9-21-45(38)53)31-36(30-34)54-46-22-10-5-15-39(46)40-16-6-11-23-47(40)54/h1-31H. The lowest BCUT2D eigenvalue weighted by molar-refractivity contribution is 1.13. The van der Waals surface area contributed by atoms with Crippen LogP contribution in [0.15, 0.2) is 188 Å². The molecule has 256 valence electrons. The van der Waals surface area contributed by atoms with Gasteiger partial charge >= 0.3 is 0 Å². The van der Waals surface area contributed by atoms with Gasteiger partial charge in [0.25, 0.3) is 0 Å². The monoisotopic (exact) mass is 717 g/mol. The summed E-state index contributed by atoms with van der Waals surface area (Å²) in [4.78, 5) is 5.38. The molecule has 4 heteroatoms. The van der Waals surface area contributed by atoms with Crippen molar-refractivity contribution in [1.29, 1.82) is 0 Å². The molecule has 0 radical (unpaired) electrons. The highest BCUT2D eigenvalue weighted by Crippen LogP contribution is 2.42. The van der Waals surface area contributed by atoms with E-state index in [9.17, 15) is 0 Å². The van der Waals surface area contributed by atoms with Crippen LogP contribution in [0.25, 0.3) is 108 Å². The first kappa shape index (κ1) is 30.5. The van der Waals surface area contributed by atoms with E-state index in [2.05, 4.69) is 197 Å². The van der Waals surface area contributed by atoms with E-state index in [1.54, 1.807) is 0 Å². The van der Waals surface area contributed by atoms with Crippen LogP contribution in [0.3, 0.4) is 0 Å². The highest BCUT2D eigenvalue weighted by Gasteiger charge is 2.18. The second-order valence-corrected chi connectivity index (χ2v) is 15.4. The maximum Gasteiger partial charge on any atom is 0.0902 e. The molecule has 0 unspecified atom stereocenters. The molecule has 0 fully saturated rings. The molecule has 0 spiro atoms. The molecule has 0 atom stereocenters. The molecule has 55 heavy (non-hydrogen) atoms. The van der Waals surface area contributed by atoms with E-state index in [0.717, 1.165) is 39.3 Å². The number of benzene rings is 8. The van der Waals surface area contributed by atoms with Crippen LogP contribution in [-0.4, -0.2) is 14.1 Å². The Morgan fingerprint density at radius 3 is 1.29 bits per heavy atom. The van der Waals surface area contributed by atoms with Gasteiger partial charge in [-0.05, 0) is 59.7 Å². The zero-order chi connectivity index (χ0) is 36.0. The third-order valence-electron chi connectivity index (χ3n) is 11.3. The lowest BCUT2D eigenvalue weighted by Gasteiger charge is -2.16. The highest BCUT2D eigenvalue weighted by molar-refractivity contribution is 7.26. The first-order valence-corrected chi connectivity index (χ1v) is 19.5. The molecule has 0 amide bonds. The zero-order valence-electron chi connectivity index (χ0n) is 29.6. The Hall–Kier alpha value is -7.01. The Bertz CT molecular complexity index is 3250.